The molecule has 7 nitrogen and oxygen atoms in total. The molecule has 1 unspecified atom stereocenters. The van der Waals surface area contributed by atoms with Gasteiger partial charge >= 0.3 is 5.91 Å². The summed E-state index contributed by atoms with van der Waals surface area (Å²) >= 11 is 13.8. The van der Waals surface area contributed by atoms with Crippen molar-refractivity contribution >= 4 is 67.3 Å². The van der Waals surface area contributed by atoms with Gasteiger partial charge in [-0.15, -0.1) is 0 Å². The molecule has 2 aliphatic rings. The molecule has 6 rings (SSSR count). The summed E-state index contributed by atoms with van der Waals surface area (Å²) in [4.78, 5) is 32.9. The summed E-state index contributed by atoms with van der Waals surface area (Å²) in [6.07, 6.45) is 0. The average molecular weight is 553 g/mol. The fourth-order valence-corrected chi connectivity index (χ4v) is 5.89. The van der Waals surface area contributed by atoms with Crippen LogP contribution in [0, 0.1) is 6.92 Å². The summed E-state index contributed by atoms with van der Waals surface area (Å²) in [5, 5.41) is 12.3. The molecule has 0 saturated carbocycles. The number of hydrogen-bond acceptors (Lipinski definition) is 7. The number of halogens is 2. The molecular weight excluding hydrogens is 535 g/mol. The van der Waals surface area contributed by atoms with E-state index in [1.165, 1.54) is 16.2 Å². The molecule has 1 amide bonds. The lowest BCUT2D eigenvalue weighted by molar-refractivity contribution is -0.132. The van der Waals surface area contributed by atoms with Crippen molar-refractivity contribution in [2.45, 2.75) is 13.0 Å². The molecule has 1 atom stereocenters. The van der Waals surface area contributed by atoms with E-state index in [2.05, 4.69) is 4.98 Å². The van der Waals surface area contributed by atoms with Crippen LogP contribution in [0.5, 0.6) is 11.5 Å². The van der Waals surface area contributed by atoms with Gasteiger partial charge in [-0.2, -0.15) is 0 Å². The third kappa shape index (κ3) is 4.01. The summed E-state index contributed by atoms with van der Waals surface area (Å²) in [5.74, 6) is -0.998. The van der Waals surface area contributed by atoms with Crippen molar-refractivity contribution < 1.29 is 24.2 Å². The van der Waals surface area contributed by atoms with Crippen molar-refractivity contribution in [3.63, 3.8) is 0 Å². The van der Waals surface area contributed by atoms with Gasteiger partial charge in [-0.3, -0.25) is 14.5 Å². The van der Waals surface area contributed by atoms with Crippen LogP contribution in [-0.2, 0) is 9.59 Å². The molecule has 1 fully saturated rings. The second-order valence-corrected chi connectivity index (χ2v) is 10.5. The quantitative estimate of drug-likeness (QED) is 0.182. The molecule has 2 aliphatic heterocycles. The molecule has 3 heterocycles. The Hall–Kier alpha value is -3.59. The summed E-state index contributed by atoms with van der Waals surface area (Å²) < 4.78 is 12.1. The molecule has 37 heavy (non-hydrogen) atoms. The molecule has 0 bridgehead atoms. The second-order valence-electron chi connectivity index (χ2n) is 8.67. The van der Waals surface area contributed by atoms with Gasteiger partial charge in [0, 0.05) is 5.56 Å². The number of anilines is 1. The lowest BCUT2D eigenvalue weighted by Gasteiger charge is -2.23. The standard InChI is InChI=1S/C27H18Cl2N2O5S/c1-13-2-6-18-21(10-13)37-27(30-18)31-23(14-3-5-16(28)17(29)11-14)22(25(33)26(31)34)24(32)15-4-7-19-20(12-15)36-9-8-35-19/h2-7,10-12,23,32H,8-9H2,1H3/b24-22-. The number of aryl methyl sites for hydroxylation is 1. The second kappa shape index (κ2) is 9.06. The number of carbonyl (C=O) groups is 2. The lowest BCUT2D eigenvalue weighted by Crippen LogP contribution is -2.29. The van der Waals surface area contributed by atoms with Crippen LogP contribution in [0.2, 0.25) is 10.0 Å². The van der Waals surface area contributed by atoms with Crippen LogP contribution in [0.1, 0.15) is 22.7 Å². The average Bonchev–Trinajstić information content (AvgIpc) is 3.42. The molecule has 10 heteroatoms. The van der Waals surface area contributed by atoms with Crippen molar-refractivity contribution in [2.24, 2.45) is 0 Å². The van der Waals surface area contributed by atoms with E-state index in [9.17, 15) is 14.7 Å². The minimum Gasteiger partial charge on any atom is -0.507 e. The van der Waals surface area contributed by atoms with E-state index in [0.717, 1.165) is 10.3 Å². The Labute approximate surface area is 225 Å². The third-order valence-electron chi connectivity index (χ3n) is 6.26. The Balaban J connectivity index is 1.55. The fourth-order valence-electron chi connectivity index (χ4n) is 4.50. The van der Waals surface area contributed by atoms with Crippen molar-refractivity contribution in [3.05, 3.63) is 86.9 Å². The zero-order valence-electron chi connectivity index (χ0n) is 19.3. The molecule has 186 valence electrons. The summed E-state index contributed by atoms with van der Waals surface area (Å²) in [6, 6.07) is 14.5. The summed E-state index contributed by atoms with van der Waals surface area (Å²) in [5.41, 5.74) is 2.47. The molecule has 1 aromatic heterocycles. The molecule has 0 aliphatic carbocycles. The predicted octanol–water partition coefficient (Wildman–Crippen LogP) is 6.31. The number of ether oxygens (including phenoxy) is 2. The monoisotopic (exact) mass is 552 g/mol. The maximum atomic E-state index is 13.5. The third-order valence-corrected chi connectivity index (χ3v) is 8.01. The van der Waals surface area contributed by atoms with Crippen LogP contribution in [0.15, 0.2) is 60.2 Å². The topological polar surface area (TPSA) is 89.0 Å². The summed E-state index contributed by atoms with van der Waals surface area (Å²) in [7, 11) is 0. The smallest absolute Gasteiger partial charge is 0.301 e. The Kier molecular flexibility index (Phi) is 5.82. The van der Waals surface area contributed by atoms with Crippen molar-refractivity contribution in [1.29, 1.82) is 0 Å². The SMILES string of the molecule is Cc1ccc2nc(N3C(=O)C(=O)/C(=C(\O)c4ccc5c(c4)OCCO5)C3c3ccc(Cl)c(Cl)c3)sc2c1. The lowest BCUT2D eigenvalue weighted by atomic mass is 9.95. The Morgan fingerprint density at radius 1 is 1.00 bits per heavy atom. The predicted molar refractivity (Wildman–Crippen MR) is 143 cm³/mol. The molecule has 0 radical (unpaired) electrons. The molecule has 1 N–H and O–H groups in total. The highest BCUT2D eigenvalue weighted by Gasteiger charge is 2.48. The Morgan fingerprint density at radius 3 is 2.57 bits per heavy atom. The Bertz CT molecular complexity index is 1650. The van der Waals surface area contributed by atoms with Gasteiger partial charge in [-0.1, -0.05) is 46.7 Å². The maximum absolute atomic E-state index is 13.5. The van der Waals surface area contributed by atoms with Crippen LogP contribution in [0.3, 0.4) is 0 Å². The van der Waals surface area contributed by atoms with Gasteiger partial charge in [0.25, 0.3) is 5.78 Å². The molecule has 3 aromatic carbocycles. The minimum atomic E-state index is -0.982. The number of amides is 1. The number of hydrogen-bond donors (Lipinski definition) is 1. The van der Waals surface area contributed by atoms with E-state index in [1.807, 2.05) is 25.1 Å². The zero-order valence-corrected chi connectivity index (χ0v) is 21.7. The Morgan fingerprint density at radius 2 is 1.78 bits per heavy atom. The van der Waals surface area contributed by atoms with Crippen LogP contribution in [0.25, 0.3) is 16.0 Å². The van der Waals surface area contributed by atoms with Gasteiger partial charge in [0.15, 0.2) is 16.6 Å². The highest BCUT2D eigenvalue weighted by Crippen LogP contribution is 2.46. The van der Waals surface area contributed by atoms with E-state index in [0.29, 0.717) is 51.5 Å². The number of fused-ring (bicyclic) bond motifs is 2. The first-order valence-electron chi connectivity index (χ1n) is 11.3. The molecule has 4 aromatic rings. The molecule has 1 saturated heterocycles. The van der Waals surface area contributed by atoms with E-state index in [4.69, 9.17) is 32.7 Å². The van der Waals surface area contributed by atoms with E-state index < -0.39 is 17.7 Å². The number of carbonyl (C=O) groups excluding carboxylic acids is 2. The number of ketones is 1. The van der Waals surface area contributed by atoms with Crippen LogP contribution in [0.4, 0.5) is 5.13 Å². The van der Waals surface area contributed by atoms with Crippen LogP contribution >= 0.6 is 34.5 Å². The van der Waals surface area contributed by atoms with Gasteiger partial charge in [-0.25, -0.2) is 4.98 Å². The normalized spacial score (nSPS) is 18.6. The number of Topliss-reactive ketones (excluding diaryl/α,β-unsaturated/α-hetero) is 1. The minimum absolute atomic E-state index is 0.0875. The first kappa shape index (κ1) is 23.8. The van der Waals surface area contributed by atoms with Crippen LogP contribution in [-0.4, -0.2) is 35.0 Å². The molecule has 0 spiro atoms. The van der Waals surface area contributed by atoms with E-state index >= 15 is 0 Å². The van der Waals surface area contributed by atoms with Crippen molar-refractivity contribution in [1.82, 2.24) is 4.98 Å². The van der Waals surface area contributed by atoms with E-state index in [1.54, 1.807) is 36.4 Å². The number of rotatable bonds is 3. The van der Waals surface area contributed by atoms with Gasteiger partial charge in [0.1, 0.15) is 19.0 Å². The largest absolute Gasteiger partial charge is 0.507 e. The first-order chi connectivity index (χ1) is 17.8. The summed E-state index contributed by atoms with van der Waals surface area (Å²) in [6.45, 7) is 2.75. The first-order valence-corrected chi connectivity index (χ1v) is 12.9. The number of benzene rings is 3. The highest BCUT2D eigenvalue weighted by molar-refractivity contribution is 7.22. The van der Waals surface area contributed by atoms with Gasteiger partial charge in [0.2, 0.25) is 0 Å². The van der Waals surface area contributed by atoms with Crippen LogP contribution < -0.4 is 14.4 Å². The number of aliphatic hydroxyl groups is 1. The number of aliphatic hydroxyl groups excluding tert-OH is 1. The fraction of sp³-hybridized carbons (Fsp3) is 0.148. The van der Waals surface area contributed by atoms with Gasteiger partial charge in [0.05, 0.1) is 31.9 Å². The van der Waals surface area contributed by atoms with Gasteiger partial charge < -0.3 is 14.6 Å². The number of thiazole rings is 1. The maximum Gasteiger partial charge on any atom is 0.301 e. The zero-order chi connectivity index (χ0) is 25.8. The van der Waals surface area contributed by atoms with Crippen molar-refractivity contribution in [2.75, 3.05) is 18.1 Å². The van der Waals surface area contributed by atoms with E-state index in [-0.39, 0.29) is 16.4 Å². The van der Waals surface area contributed by atoms with Gasteiger partial charge in [-0.05, 0) is 60.5 Å². The molecular formula is C27H18Cl2N2O5S. The van der Waals surface area contributed by atoms with Crippen molar-refractivity contribution in [3.8, 4) is 11.5 Å². The number of nitrogens with zero attached hydrogens (tertiary/aromatic N) is 2. The highest BCUT2D eigenvalue weighted by atomic mass is 35.5. The number of aromatic nitrogens is 1.